The van der Waals surface area contributed by atoms with Crippen molar-refractivity contribution >= 4 is 58.4 Å². The molecule has 0 unspecified atom stereocenters. The zero-order valence-corrected chi connectivity index (χ0v) is 24.0. The fourth-order valence-electron chi connectivity index (χ4n) is 3.78. The number of nitrogens with one attached hydrogen (secondary N) is 1. The summed E-state index contributed by atoms with van der Waals surface area (Å²) in [5.41, 5.74) is 2.75. The number of nitrogens with zero attached hydrogens (tertiary/aromatic N) is 1. The second-order valence-electron chi connectivity index (χ2n) is 9.22. The Morgan fingerprint density at radius 2 is 1.59 bits per heavy atom. The zero-order valence-electron chi connectivity index (χ0n) is 20.9. The van der Waals surface area contributed by atoms with E-state index in [4.69, 9.17) is 34.8 Å². The SMILES string of the molecule is CC(C)CNC(=O)[C@@H](Cc1ccccc1)N(Cc1cccc(Cl)c1)C(=O)CSCc1ccc(Cl)cc1Cl. The number of carbonyl (C=O) groups is 2. The molecule has 0 aliphatic heterocycles. The molecule has 0 saturated carbocycles. The molecule has 3 aromatic carbocycles. The quantitative estimate of drug-likeness (QED) is 0.246. The molecule has 196 valence electrons. The van der Waals surface area contributed by atoms with E-state index in [0.29, 0.717) is 33.8 Å². The summed E-state index contributed by atoms with van der Waals surface area (Å²) < 4.78 is 0. The summed E-state index contributed by atoms with van der Waals surface area (Å²) in [4.78, 5) is 28.8. The van der Waals surface area contributed by atoms with Crippen LogP contribution in [0.5, 0.6) is 0 Å². The second kappa shape index (κ2) is 14.7. The van der Waals surface area contributed by atoms with Crippen molar-refractivity contribution in [3.8, 4) is 0 Å². The number of carbonyl (C=O) groups excluding carboxylic acids is 2. The van der Waals surface area contributed by atoms with Crippen molar-refractivity contribution in [1.29, 1.82) is 0 Å². The Kier molecular flexibility index (Phi) is 11.7. The average Bonchev–Trinajstić information content (AvgIpc) is 2.86. The largest absolute Gasteiger partial charge is 0.354 e. The number of thioether (sulfide) groups is 1. The van der Waals surface area contributed by atoms with E-state index in [1.165, 1.54) is 11.8 Å². The van der Waals surface area contributed by atoms with Gasteiger partial charge in [0.05, 0.1) is 5.75 Å². The van der Waals surface area contributed by atoms with Crippen LogP contribution in [0.2, 0.25) is 15.1 Å². The standard InChI is InChI=1S/C29H31Cl3N2O2S/c1-20(2)16-33-29(36)27(14-21-7-4-3-5-8-21)34(17-22-9-6-10-24(30)13-22)28(35)19-37-18-23-11-12-25(31)15-26(23)32/h3-13,15,20,27H,14,16-19H2,1-2H3,(H,33,36)/t27-/m1/s1. The lowest BCUT2D eigenvalue weighted by atomic mass is 10.0. The number of halogens is 3. The number of rotatable bonds is 12. The molecular weight excluding hydrogens is 547 g/mol. The summed E-state index contributed by atoms with van der Waals surface area (Å²) in [6, 6.07) is 21.8. The lowest BCUT2D eigenvalue weighted by Crippen LogP contribution is -2.51. The van der Waals surface area contributed by atoms with Gasteiger partial charge in [-0.1, -0.05) is 97.2 Å². The van der Waals surface area contributed by atoms with E-state index in [2.05, 4.69) is 5.32 Å². The highest BCUT2D eigenvalue weighted by atomic mass is 35.5. The first-order valence-corrected chi connectivity index (χ1v) is 14.4. The molecule has 3 rings (SSSR count). The summed E-state index contributed by atoms with van der Waals surface area (Å²) >= 11 is 20.0. The van der Waals surface area contributed by atoms with Gasteiger partial charge in [-0.25, -0.2) is 0 Å². The Bertz CT molecular complexity index is 1190. The lowest BCUT2D eigenvalue weighted by molar-refractivity contribution is -0.139. The molecule has 0 saturated heterocycles. The predicted molar refractivity (Wildman–Crippen MR) is 156 cm³/mol. The molecular formula is C29H31Cl3N2O2S. The van der Waals surface area contributed by atoms with Crippen LogP contribution in [0.25, 0.3) is 0 Å². The van der Waals surface area contributed by atoms with Gasteiger partial charge in [-0.15, -0.1) is 11.8 Å². The summed E-state index contributed by atoms with van der Waals surface area (Å²) in [5.74, 6) is 0.741. The topological polar surface area (TPSA) is 49.4 Å². The van der Waals surface area contributed by atoms with Gasteiger partial charge in [0.2, 0.25) is 11.8 Å². The summed E-state index contributed by atoms with van der Waals surface area (Å²) in [6.45, 7) is 4.89. The van der Waals surface area contributed by atoms with E-state index < -0.39 is 6.04 Å². The lowest BCUT2D eigenvalue weighted by Gasteiger charge is -2.32. The van der Waals surface area contributed by atoms with Crippen LogP contribution in [0, 0.1) is 5.92 Å². The highest BCUT2D eigenvalue weighted by Gasteiger charge is 2.30. The van der Waals surface area contributed by atoms with Crippen LogP contribution in [-0.4, -0.2) is 35.1 Å². The number of amides is 2. The maximum Gasteiger partial charge on any atom is 0.243 e. The first-order valence-electron chi connectivity index (χ1n) is 12.1. The molecule has 0 aliphatic rings. The molecule has 0 heterocycles. The van der Waals surface area contributed by atoms with Crippen LogP contribution in [0.3, 0.4) is 0 Å². The average molecular weight is 578 g/mol. The van der Waals surface area contributed by atoms with Gasteiger partial charge in [-0.3, -0.25) is 9.59 Å². The first kappa shape index (κ1) is 29.4. The molecule has 4 nitrogen and oxygen atoms in total. The summed E-state index contributed by atoms with van der Waals surface area (Å²) in [7, 11) is 0. The maximum atomic E-state index is 13.7. The Labute approximate surface area is 238 Å². The molecule has 2 amide bonds. The predicted octanol–water partition coefficient (Wildman–Crippen LogP) is 7.29. The number of hydrogen-bond donors (Lipinski definition) is 1. The minimum absolute atomic E-state index is 0.129. The van der Waals surface area contributed by atoms with Gasteiger partial charge in [0, 0.05) is 40.3 Å². The van der Waals surface area contributed by atoms with E-state index in [9.17, 15) is 9.59 Å². The van der Waals surface area contributed by atoms with Gasteiger partial charge in [0.15, 0.2) is 0 Å². The van der Waals surface area contributed by atoms with Crippen molar-refractivity contribution in [3.63, 3.8) is 0 Å². The van der Waals surface area contributed by atoms with Crippen molar-refractivity contribution < 1.29 is 9.59 Å². The molecule has 0 radical (unpaired) electrons. The molecule has 0 aliphatic carbocycles. The third-order valence-corrected chi connectivity index (χ3v) is 7.48. The van der Waals surface area contributed by atoms with Crippen molar-refractivity contribution in [2.45, 2.75) is 38.6 Å². The monoisotopic (exact) mass is 576 g/mol. The van der Waals surface area contributed by atoms with Gasteiger partial charge in [-0.2, -0.15) is 0 Å². The normalized spacial score (nSPS) is 11.8. The Morgan fingerprint density at radius 3 is 2.27 bits per heavy atom. The van der Waals surface area contributed by atoms with Crippen LogP contribution in [0.4, 0.5) is 0 Å². The first-order chi connectivity index (χ1) is 17.7. The van der Waals surface area contributed by atoms with Gasteiger partial charge >= 0.3 is 0 Å². The smallest absolute Gasteiger partial charge is 0.243 e. The van der Waals surface area contributed by atoms with Crippen LogP contribution in [-0.2, 0) is 28.3 Å². The van der Waals surface area contributed by atoms with Crippen molar-refractivity contribution in [3.05, 3.63) is 105 Å². The molecule has 1 atom stereocenters. The summed E-state index contributed by atoms with van der Waals surface area (Å²) in [5, 5.41) is 4.75. The van der Waals surface area contributed by atoms with E-state index in [-0.39, 0.29) is 30.0 Å². The zero-order chi connectivity index (χ0) is 26.8. The third kappa shape index (κ3) is 9.57. The fourth-order valence-corrected chi connectivity index (χ4v) is 5.46. The Morgan fingerprint density at radius 1 is 0.892 bits per heavy atom. The highest BCUT2D eigenvalue weighted by Crippen LogP contribution is 2.25. The van der Waals surface area contributed by atoms with Gasteiger partial charge in [0.25, 0.3) is 0 Å². The molecule has 8 heteroatoms. The fraction of sp³-hybridized carbons (Fsp3) is 0.310. The van der Waals surface area contributed by atoms with E-state index in [1.54, 1.807) is 23.1 Å². The van der Waals surface area contributed by atoms with Crippen molar-refractivity contribution in [2.75, 3.05) is 12.3 Å². The van der Waals surface area contributed by atoms with Gasteiger partial charge in [-0.05, 0) is 46.9 Å². The van der Waals surface area contributed by atoms with Crippen LogP contribution >= 0.6 is 46.6 Å². The summed E-state index contributed by atoms with van der Waals surface area (Å²) in [6.07, 6.45) is 0.407. The molecule has 0 spiro atoms. The molecule has 1 N–H and O–H groups in total. The Balaban J connectivity index is 1.85. The molecule has 0 fully saturated rings. The van der Waals surface area contributed by atoms with Crippen LogP contribution < -0.4 is 5.32 Å². The van der Waals surface area contributed by atoms with Crippen LogP contribution in [0.1, 0.15) is 30.5 Å². The van der Waals surface area contributed by atoms with Gasteiger partial charge in [0.1, 0.15) is 6.04 Å². The minimum Gasteiger partial charge on any atom is -0.354 e. The Hall–Kier alpha value is -2.18. The maximum absolute atomic E-state index is 13.7. The van der Waals surface area contributed by atoms with E-state index in [1.807, 2.05) is 68.4 Å². The minimum atomic E-state index is -0.674. The second-order valence-corrected chi connectivity index (χ2v) is 11.5. The molecule has 37 heavy (non-hydrogen) atoms. The molecule has 0 bridgehead atoms. The molecule has 3 aromatic rings. The molecule has 0 aromatic heterocycles. The van der Waals surface area contributed by atoms with E-state index >= 15 is 0 Å². The van der Waals surface area contributed by atoms with Gasteiger partial charge < -0.3 is 10.2 Å². The van der Waals surface area contributed by atoms with E-state index in [0.717, 1.165) is 16.7 Å². The number of hydrogen-bond acceptors (Lipinski definition) is 3. The van der Waals surface area contributed by atoms with Crippen molar-refractivity contribution in [2.24, 2.45) is 5.92 Å². The highest BCUT2D eigenvalue weighted by molar-refractivity contribution is 7.99. The van der Waals surface area contributed by atoms with Crippen LogP contribution in [0.15, 0.2) is 72.8 Å². The number of benzene rings is 3. The van der Waals surface area contributed by atoms with Crippen molar-refractivity contribution in [1.82, 2.24) is 10.2 Å². The third-order valence-electron chi connectivity index (χ3n) is 5.70.